The number of carbonyl (C=O) groups excluding carboxylic acids is 3. The number of anilines is 2. The number of nitrogens with zero attached hydrogens (tertiary/aromatic N) is 4. The van der Waals surface area contributed by atoms with Crippen molar-refractivity contribution >= 4 is 86.1 Å². The molecule has 2 aliphatic rings. The van der Waals surface area contributed by atoms with E-state index in [1.807, 2.05) is 17.6 Å². The zero-order valence-corrected chi connectivity index (χ0v) is 24.3. The molecular formula is C24H23ClN8O7S2. The SMILES string of the molecule is Cc1c(N)[nH]c2ccc[n+](CC3=C(C(=O)[O-])N4C(=O)C(NC(=O)/C(=N\O[C@@H](C)C(=O)O)c5nc(N)sc5Cl)C4SC3)c12. The van der Waals surface area contributed by atoms with Crippen LogP contribution in [0, 0.1) is 6.92 Å². The van der Waals surface area contributed by atoms with Crippen molar-refractivity contribution in [3.05, 3.63) is 45.2 Å². The van der Waals surface area contributed by atoms with Crippen LogP contribution in [0.4, 0.5) is 10.9 Å². The Morgan fingerprint density at radius 1 is 1.43 bits per heavy atom. The number of carboxylic acids is 2. The molecule has 0 bridgehead atoms. The van der Waals surface area contributed by atoms with Gasteiger partial charge in [-0.3, -0.25) is 14.5 Å². The number of thioether (sulfide) groups is 1. The van der Waals surface area contributed by atoms with Gasteiger partial charge in [-0.05, 0) is 19.9 Å². The molecule has 220 valence electrons. The van der Waals surface area contributed by atoms with Gasteiger partial charge in [0.05, 0.1) is 17.2 Å². The van der Waals surface area contributed by atoms with E-state index < -0.39 is 47.0 Å². The van der Waals surface area contributed by atoms with Gasteiger partial charge < -0.3 is 41.6 Å². The van der Waals surface area contributed by atoms with Crippen LogP contribution < -0.4 is 26.5 Å². The highest BCUT2D eigenvalue weighted by molar-refractivity contribution is 8.00. The Morgan fingerprint density at radius 2 is 2.17 bits per heavy atom. The Balaban J connectivity index is 1.40. The van der Waals surface area contributed by atoms with Gasteiger partial charge >= 0.3 is 5.97 Å². The van der Waals surface area contributed by atoms with Crippen molar-refractivity contribution in [2.75, 3.05) is 17.2 Å². The van der Waals surface area contributed by atoms with Gasteiger partial charge in [-0.25, -0.2) is 9.78 Å². The summed E-state index contributed by atoms with van der Waals surface area (Å²) in [5.41, 5.74) is 13.6. The molecule has 1 saturated heterocycles. The lowest BCUT2D eigenvalue weighted by Crippen LogP contribution is -2.71. The molecule has 5 rings (SSSR count). The third-order valence-corrected chi connectivity index (χ3v) is 9.10. The highest BCUT2D eigenvalue weighted by Crippen LogP contribution is 2.40. The van der Waals surface area contributed by atoms with Crippen LogP contribution in [0.15, 0.2) is 34.8 Å². The zero-order chi connectivity index (χ0) is 30.5. The van der Waals surface area contributed by atoms with E-state index in [0.717, 1.165) is 32.8 Å². The number of thiazole rings is 1. The number of nitrogens with two attached hydrogens (primary N) is 2. The van der Waals surface area contributed by atoms with Crippen LogP contribution in [0.3, 0.4) is 0 Å². The van der Waals surface area contributed by atoms with Crippen molar-refractivity contribution in [1.82, 2.24) is 20.2 Å². The van der Waals surface area contributed by atoms with Gasteiger partial charge in [0.15, 0.2) is 23.6 Å². The maximum Gasteiger partial charge on any atom is 0.347 e. The number of H-pyrrole nitrogens is 1. The quantitative estimate of drug-likeness (QED) is 0.0857. The van der Waals surface area contributed by atoms with E-state index in [0.29, 0.717) is 11.4 Å². The second-order valence-electron chi connectivity index (χ2n) is 9.36. The molecule has 1 fully saturated rings. The molecule has 18 heteroatoms. The van der Waals surface area contributed by atoms with Crippen molar-refractivity contribution in [2.24, 2.45) is 5.16 Å². The van der Waals surface area contributed by atoms with Crippen LogP contribution in [-0.2, 0) is 30.6 Å². The third kappa shape index (κ3) is 5.10. The molecule has 5 heterocycles. The fraction of sp³-hybridized carbons (Fsp3) is 0.292. The number of pyridine rings is 1. The lowest BCUT2D eigenvalue weighted by molar-refractivity contribution is -0.663. The number of aryl methyl sites for hydroxylation is 1. The standard InChI is InChI=1S/C24H23ClN8O7S2/c1-8-15-11(28-18(8)26)4-3-5-32(15)6-10-7-41-21-14(20(35)33(21)16(10)23(38)39)29-19(34)13(31-40-9(2)22(36)37)12-17(25)42-24(27)30-12/h3-5,9,14,21H,6-7H2,1-2H3,(H7,26,27,28,29,30,34,36,37,38,39)/b31-13-/t9-,14?,21?/m0/s1. The maximum absolute atomic E-state index is 13.2. The average Bonchev–Trinajstić information content (AvgIpc) is 3.43. The van der Waals surface area contributed by atoms with Gasteiger partial charge in [-0.15, -0.1) is 11.8 Å². The van der Waals surface area contributed by atoms with Gasteiger partial charge in [0, 0.05) is 17.4 Å². The molecule has 3 atom stereocenters. The smallest absolute Gasteiger partial charge is 0.347 e. The molecule has 0 aliphatic carbocycles. The zero-order valence-electron chi connectivity index (χ0n) is 21.9. The lowest BCUT2D eigenvalue weighted by Gasteiger charge is -2.50. The number of carboxylic acid groups (broad SMARTS) is 2. The summed E-state index contributed by atoms with van der Waals surface area (Å²) in [5.74, 6) is -3.80. The Hall–Kier alpha value is -4.35. The molecule has 0 saturated carbocycles. The summed E-state index contributed by atoms with van der Waals surface area (Å²) in [6.45, 7) is 3.19. The number of amides is 2. The number of fused-ring (bicyclic) bond motifs is 2. The van der Waals surface area contributed by atoms with E-state index in [9.17, 15) is 24.3 Å². The maximum atomic E-state index is 13.2. The first-order valence-electron chi connectivity index (χ1n) is 12.2. The van der Waals surface area contributed by atoms with Crippen molar-refractivity contribution in [1.29, 1.82) is 0 Å². The number of rotatable bonds is 9. The molecular weight excluding hydrogens is 612 g/mol. The fourth-order valence-electron chi connectivity index (χ4n) is 4.61. The second kappa shape index (κ2) is 11.1. The van der Waals surface area contributed by atoms with E-state index in [4.69, 9.17) is 33.0 Å². The first-order valence-corrected chi connectivity index (χ1v) is 14.5. The lowest BCUT2D eigenvalue weighted by atomic mass is 10.0. The number of aromatic nitrogens is 3. The Morgan fingerprint density at radius 3 is 2.81 bits per heavy atom. The van der Waals surface area contributed by atoms with E-state index in [1.165, 1.54) is 18.7 Å². The monoisotopic (exact) mass is 634 g/mol. The Bertz CT molecular complexity index is 1720. The van der Waals surface area contributed by atoms with E-state index in [-0.39, 0.29) is 33.2 Å². The molecule has 15 nitrogen and oxygen atoms in total. The summed E-state index contributed by atoms with van der Waals surface area (Å²) in [4.78, 5) is 63.0. The normalized spacial score (nSPS) is 19.4. The Kier molecular flexibility index (Phi) is 7.74. The van der Waals surface area contributed by atoms with Crippen LogP contribution in [0.25, 0.3) is 11.0 Å². The fourth-order valence-corrected chi connectivity index (χ4v) is 6.87. The number of hydrogen-bond acceptors (Lipinski definition) is 12. The number of β-lactam (4-membered cyclic amide) rings is 1. The highest BCUT2D eigenvalue weighted by Gasteiger charge is 2.53. The number of oxime groups is 1. The molecule has 2 amide bonds. The number of halogens is 1. The topological polar surface area (TPSA) is 233 Å². The van der Waals surface area contributed by atoms with E-state index in [2.05, 4.69) is 20.4 Å². The highest BCUT2D eigenvalue weighted by atomic mass is 35.5. The number of nitrogen functional groups attached to an aromatic ring is 2. The number of nitrogens with one attached hydrogen (secondary N) is 2. The van der Waals surface area contributed by atoms with Crippen LogP contribution in [-0.4, -0.2) is 72.7 Å². The molecule has 3 aromatic rings. The third-order valence-electron chi connectivity index (χ3n) is 6.68. The second-order valence-corrected chi connectivity index (χ2v) is 12.1. The van der Waals surface area contributed by atoms with Crippen LogP contribution >= 0.6 is 34.7 Å². The van der Waals surface area contributed by atoms with Crippen LogP contribution in [0.2, 0.25) is 4.34 Å². The largest absolute Gasteiger partial charge is 0.543 e. The molecule has 0 spiro atoms. The summed E-state index contributed by atoms with van der Waals surface area (Å²) < 4.78 is 1.82. The molecule has 7 N–H and O–H groups in total. The minimum Gasteiger partial charge on any atom is -0.543 e. The van der Waals surface area contributed by atoms with Crippen molar-refractivity contribution in [3.63, 3.8) is 0 Å². The molecule has 0 radical (unpaired) electrons. The molecule has 0 aromatic carbocycles. The summed E-state index contributed by atoms with van der Waals surface area (Å²) >= 11 is 8.25. The summed E-state index contributed by atoms with van der Waals surface area (Å²) in [6.07, 6.45) is 0.367. The molecule has 2 aliphatic heterocycles. The summed E-state index contributed by atoms with van der Waals surface area (Å²) in [6, 6.07) is 2.50. The van der Waals surface area contributed by atoms with Gasteiger partial charge in [0.1, 0.15) is 32.8 Å². The summed E-state index contributed by atoms with van der Waals surface area (Å²) in [7, 11) is 0. The first-order chi connectivity index (χ1) is 19.9. The van der Waals surface area contributed by atoms with Crippen LogP contribution in [0.1, 0.15) is 18.2 Å². The molecule has 2 unspecified atom stereocenters. The Labute approximate surface area is 250 Å². The number of aromatic amines is 1. The first kappa shape index (κ1) is 29.2. The van der Waals surface area contributed by atoms with Crippen LogP contribution in [0.5, 0.6) is 0 Å². The molecule has 42 heavy (non-hydrogen) atoms. The predicted molar refractivity (Wildman–Crippen MR) is 151 cm³/mol. The number of aliphatic carboxylic acids is 2. The van der Waals surface area contributed by atoms with Crippen molar-refractivity contribution < 1.29 is 38.8 Å². The minimum atomic E-state index is -1.53. The molecule has 3 aromatic heterocycles. The van der Waals surface area contributed by atoms with Crippen molar-refractivity contribution in [3.8, 4) is 0 Å². The number of carbonyl (C=O) groups is 4. The van der Waals surface area contributed by atoms with Gasteiger partial charge in [-0.1, -0.05) is 28.1 Å². The van der Waals surface area contributed by atoms with E-state index >= 15 is 0 Å². The minimum absolute atomic E-state index is 0.0119. The number of hydrogen-bond donors (Lipinski definition) is 5. The van der Waals surface area contributed by atoms with Crippen molar-refractivity contribution in [2.45, 2.75) is 37.9 Å². The average molecular weight is 635 g/mol. The van der Waals surface area contributed by atoms with Gasteiger partial charge in [-0.2, -0.15) is 4.57 Å². The predicted octanol–water partition coefficient (Wildman–Crippen LogP) is -0.664. The van der Waals surface area contributed by atoms with Gasteiger partial charge in [0.2, 0.25) is 11.6 Å². The van der Waals surface area contributed by atoms with Gasteiger partial charge in [0.25, 0.3) is 11.8 Å². The van der Waals surface area contributed by atoms with E-state index in [1.54, 1.807) is 12.3 Å². The summed E-state index contributed by atoms with van der Waals surface area (Å²) in [5, 5.41) is 26.8.